The molecular formula is C15H24O3. The van der Waals surface area contributed by atoms with E-state index in [4.69, 9.17) is 14.2 Å². The highest BCUT2D eigenvalue weighted by molar-refractivity contribution is 5.44. The molecule has 0 fully saturated rings. The van der Waals surface area contributed by atoms with Crippen molar-refractivity contribution >= 4 is 0 Å². The van der Waals surface area contributed by atoms with Crippen LogP contribution in [0.25, 0.3) is 0 Å². The third-order valence-electron chi connectivity index (χ3n) is 2.78. The first-order chi connectivity index (χ1) is 8.49. The van der Waals surface area contributed by atoms with Crippen molar-refractivity contribution in [1.29, 1.82) is 0 Å². The smallest absolute Gasteiger partial charge is 0.161 e. The molecular weight excluding hydrogens is 228 g/mol. The predicted molar refractivity (Wildman–Crippen MR) is 73.7 cm³/mol. The van der Waals surface area contributed by atoms with Gasteiger partial charge in [-0.1, -0.05) is 26.8 Å². The van der Waals surface area contributed by atoms with E-state index in [-0.39, 0.29) is 5.41 Å². The van der Waals surface area contributed by atoms with E-state index in [0.29, 0.717) is 13.2 Å². The second-order valence-electron chi connectivity index (χ2n) is 5.31. The van der Waals surface area contributed by atoms with E-state index in [0.717, 1.165) is 17.9 Å². The van der Waals surface area contributed by atoms with Crippen LogP contribution in [0.3, 0.4) is 0 Å². The first-order valence-electron chi connectivity index (χ1n) is 6.29. The first-order valence-corrected chi connectivity index (χ1v) is 6.29. The average molecular weight is 252 g/mol. The van der Waals surface area contributed by atoms with Gasteiger partial charge in [0.25, 0.3) is 0 Å². The normalized spacial score (nSPS) is 11.4. The molecule has 1 rings (SSSR count). The van der Waals surface area contributed by atoms with Crippen LogP contribution in [0.15, 0.2) is 18.2 Å². The van der Waals surface area contributed by atoms with Crippen LogP contribution in [0.4, 0.5) is 0 Å². The molecule has 0 N–H and O–H groups in total. The molecule has 0 unspecified atom stereocenters. The van der Waals surface area contributed by atoms with Gasteiger partial charge >= 0.3 is 0 Å². The molecule has 0 radical (unpaired) electrons. The predicted octanol–water partition coefficient (Wildman–Crippen LogP) is 3.41. The molecule has 1 aromatic rings. The molecule has 0 saturated heterocycles. The quantitative estimate of drug-likeness (QED) is 0.726. The summed E-state index contributed by atoms with van der Waals surface area (Å²) in [5, 5.41) is 0. The van der Waals surface area contributed by atoms with Gasteiger partial charge in [-0.3, -0.25) is 0 Å². The summed E-state index contributed by atoms with van der Waals surface area (Å²) in [6.45, 7) is 7.90. The van der Waals surface area contributed by atoms with E-state index in [1.165, 1.54) is 5.56 Å². The van der Waals surface area contributed by atoms with Crippen molar-refractivity contribution in [2.75, 3.05) is 27.4 Å². The molecule has 0 aliphatic heterocycles. The van der Waals surface area contributed by atoms with Gasteiger partial charge in [0.05, 0.1) is 13.7 Å². The lowest BCUT2D eigenvalue weighted by Crippen LogP contribution is -2.11. The van der Waals surface area contributed by atoms with Crippen molar-refractivity contribution in [1.82, 2.24) is 0 Å². The van der Waals surface area contributed by atoms with E-state index in [2.05, 4.69) is 32.9 Å². The minimum absolute atomic E-state index is 0.108. The van der Waals surface area contributed by atoms with E-state index >= 15 is 0 Å². The first kappa shape index (κ1) is 14.8. The van der Waals surface area contributed by atoms with Gasteiger partial charge in [0.15, 0.2) is 11.5 Å². The summed E-state index contributed by atoms with van der Waals surface area (Å²) in [6.07, 6.45) is 0.874. The number of methoxy groups -OCH3 is 2. The molecule has 3 nitrogen and oxygen atoms in total. The maximum atomic E-state index is 5.76. The number of rotatable bonds is 6. The molecule has 18 heavy (non-hydrogen) atoms. The highest BCUT2D eigenvalue weighted by atomic mass is 16.5. The van der Waals surface area contributed by atoms with Crippen LogP contribution < -0.4 is 9.47 Å². The SMILES string of the molecule is COCCCOc1cc(C(C)(C)C)ccc1OC. The molecule has 0 bridgehead atoms. The van der Waals surface area contributed by atoms with E-state index in [9.17, 15) is 0 Å². The fraction of sp³-hybridized carbons (Fsp3) is 0.600. The zero-order valence-corrected chi connectivity index (χ0v) is 12.1. The number of hydrogen-bond donors (Lipinski definition) is 0. The maximum absolute atomic E-state index is 5.76. The van der Waals surface area contributed by atoms with Gasteiger partial charge in [-0.05, 0) is 23.1 Å². The van der Waals surface area contributed by atoms with Crippen LogP contribution >= 0.6 is 0 Å². The Morgan fingerprint density at radius 3 is 2.28 bits per heavy atom. The Balaban J connectivity index is 2.79. The fourth-order valence-corrected chi connectivity index (χ4v) is 1.64. The minimum Gasteiger partial charge on any atom is -0.493 e. The standard InChI is InChI=1S/C15H24O3/c1-15(2,3)12-7-8-13(17-5)14(11-12)18-10-6-9-16-4/h7-8,11H,6,9-10H2,1-5H3. The topological polar surface area (TPSA) is 27.7 Å². The largest absolute Gasteiger partial charge is 0.493 e. The summed E-state index contributed by atoms with van der Waals surface area (Å²) < 4.78 is 16.1. The Hall–Kier alpha value is -1.22. The Morgan fingerprint density at radius 2 is 1.72 bits per heavy atom. The van der Waals surface area contributed by atoms with E-state index < -0.39 is 0 Å². The van der Waals surface area contributed by atoms with Gasteiger partial charge in [-0.25, -0.2) is 0 Å². The number of ether oxygens (including phenoxy) is 3. The highest BCUT2D eigenvalue weighted by Gasteiger charge is 2.16. The molecule has 0 amide bonds. The van der Waals surface area contributed by atoms with Gasteiger partial charge in [0, 0.05) is 20.1 Å². The molecule has 1 aromatic carbocycles. The lowest BCUT2D eigenvalue weighted by atomic mass is 9.87. The van der Waals surface area contributed by atoms with Crippen LogP contribution in [0.5, 0.6) is 11.5 Å². The Labute approximate surface area is 110 Å². The zero-order chi connectivity index (χ0) is 13.6. The van der Waals surface area contributed by atoms with Gasteiger partial charge in [-0.15, -0.1) is 0 Å². The molecule has 3 heteroatoms. The summed E-state index contributed by atoms with van der Waals surface area (Å²) in [5.41, 5.74) is 1.35. The van der Waals surface area contributed by atoms with E-state index in [1.54, 1.807) is 14.2 Å². The zero-order valence-electron chi connectivity index (χ0n) is 12.1. The third-order valence-corrected chi connectivity index (χ3v) is 2.78. The summed E-state index contributed by atoms with van der Waals surface area (Å²) >= 11 is 0. The van der Waals surface area contributed by atoms with Crippen molar-refractivity contribution < 1.29 is 14.2 Å². The van der Waals surface area contributed by atoms with Crippen LogP contribution in [0.2, 0.25) is 0 Å². The van der Waals surface area contributed by atoms with Gasteiger partial charge in [-0.2, -0.15) is 0 Å². The third kappa shape index (κ3) is 4.22. The monoisotopic (exact) mass is 252 g/mol. The summed E-state index contributed by atoms with van der Waals surface area (Å²) in [7, 11) is 3.36. The van der Waals surface area contributed by atoms with Crippen LogP contribution in [0, 0.1) is 0 Å². The fourth-order valence-electron chi connectivity index (χ4n) is 1.64. The Bertz CT molecular complexity index is 366. The van der Waals surface area contributed by atoms with Crippen molar-refractivity contribution in [2.24, 2.45) is 0 Å². The molecule has 0 aliphatic carbocycles. The molecule has 0 atom stereocenters. The van der Waals surface area contributed by atoms with Crippen LogP contribution in [0.1, 0.15) is 32.8 Å². The van der Waals surface area contributed by atoms with Crippen molar-refractivity contribution in [3.05, 3.63) is 23.8 Å². The minimum atomic E-state index is 0.108. The average Bonchev–Trinajstić information content (AvgIpc) is 2.33. The second-order valence-corrected chi connectivity index (χ2v) is 5.31. The molecule has 0 heterocycles. The van der Waals surface area contributed by atoms with Crippen molar-refractivity contribution in [3.63, 3.8) is 0 Å². The van der Waals surface area contributed by atoms with Crippen LogP contribution in [-0.2, 0) is 10.2 Å². The number of hydrogen-bond acceptors (Lipinski definition) is 3. The van der Waals surface area contributed by atoms with E-state index in [1.807, 2.05) is 6.07 Å². The number of benzene rings is 1. The summed E-state index contributed by atoms with van der Waals surface area (Å²) in [6, 6.07) is 6.11. The lowest BCUT2D eigenvalue weighted by molar-refractivity contribution is 0.170. The molecule has 0 aromatic heterocycles. The molecule has 0 aliphatic rings. The lowest BCUT2D eigenvalue weighted by Gasteiger charge is -2.21. The summed E-state index contributed by atoms with van der Waals surface area (Å²) in [5.74, 6) is 1.58. The Kier molecular flexibility index (Phi) is 5.48. The van der Waals surface area contributed by atoms with Crippen molar-refractivity contribution in [2.45, 2.75) is 32.6 Å². The maximum Gasteiger partial charge on any atom is 0.161 e. The van der Waals surface area contributed by atoms with Crippen molar-refractivity contribution in [3.8, 4) is 11.5 Å². The van der Waals surface area contributed by atoms with Crippen LogP contribution in [-0.4, -0.2) is 27.4 Å². The Morgan fingerprint density at radius 1 is 1.00 bits per heavy atom. The molecule has 0 saturated carbocycles. The van der Waals surface area contributed by atoms with Gasteiger partial charge < -0.3 is 14.2 Å². The molecule has 102 valence electrons. The van der Waals surface area contributed by atoms with Gasteiger partial charge in [0.2, 0.25) is 0 Å². The molecule has 0 spiro atoms. The van der Waals surface area contributed by atoms with Gasteiger partial charge in [0.1, 0.15) is 0 Å². The highest BCUT2D eigenvalue weighted by Crippen LogP contribution is 2.33. The second kappa shape index (κ2) is 6.64. The summed E-state index contributed by atoms with van der Waals surface area (Å²) in [4.78, 5) is 0.